The zero-order valence-corrected chi connectivity index (χ0v) is 17.5. The third-order valence-electron chi connectivity index (χ3n) is 5.16. The molecule has 10 heteroatoms. The molecule has 0 spiro atoms. The molecule has 30 heavy (non-hydrogen) atoms. The molecule has 0 saturated carbocycles. The van der Waals surface area contributed by atoms with Gasteiger partial charge in [0.25, 0.3) is 5.91 Å². The van der Waals surface area contributed by atoms with Gasteiger partial charge in [0.2, 0.25) is 15.9 Å². The normalized spacial score (nSPS) is 17.6. The van der Waals surface area contributed by atoms with Crippen molar-refractivity contribution in [3.05, 3.63) is 47.5 Å². The fraction of sp³-hybridized carbons (Fsp3) is 0.300. The summed E-state index contributed by atoms with van der Waals surface area (Å²) in [7, 11) is -3.73. The lowest BCUT2D eigenvalue weighted by molar-refractivity contribution is -0.121. The van der Waals surface area contributed by atoms with Gasteiger partial charge in [0.15, 0.2) is 6.61 Å². The van der Waals surface area contributed by atoms with Gasteiger partial charge >= 0.3 is 0 Å². The summed E-state index contributed by atoms with van der Waals surface area (Å²) in [5.41, 5.74) is 1.10. The lowest BCUT2D eigenvalue weighted by Gasteiger charge is -2.30. The molecule has 158 valence electrons. The Hall–Kier alpha value is -2.62. The van der Waals surface area contributed by atoms with E-state index in [2.05, 4.69) is 10.6 Å². The summed E-state index contributed by atoms with van der Waals surface area (Å²) >= 11 is 5.85. The highest BCUT2D eigenvalue weighted by Crippen LogP contribution is 2.32. The Morgan fingerprint density at radius 1 is 1.13 bits per heavy atom. The van der Waals surface area contributed by atoms with E-state index in [4.69, 9.17) is 16.3 Å². The molecule has 4 rings (SSSR count). The first kappa shape index (κ1) is 20.6. The van der Waals surface area contributed by atoms with Crippen molar-refractivity contribution < 1.29 is 22.7 Å². The number of rotatable bonds is 4. The lowest BCUT2D eigenvalue weighted by Crippen LogP contribution is -2.41. The standard InChI is InChI=1S/C20H20ClN3O5S/c21-14-1-3-15(4-2-14)22-20(26)13-7-9-24(10-8-13)30(27,28)16-5-6-17-18(11-16)29-12-19(25)23-17/h1-6,11,13H,7-10,12H2,(H,22,26)(H,23,25). The first-order chi connectivity index (χ1) is 14.3. The molecule has 2 aliphatic rings. The van der Waals surface area contributed by atoms with Gasteiger partial charge in [-0.25, -0.2) is 8.42 Å². The topological polar surface area (TPSA) is 105 Å². The largest absolute Gasteiger partial charge is 0.482 e. The van der Waals surface area contributed by atoms with Crippen LogP contribution in [0.3, 0.4) is 0 Å². The maximum absolute atomic E-state index is 13.0. The third kappa shape index (κ3) is 4.28. The molecule has 2 aromatic carbocycles. The number of nitrogens with one attached hydrogen (secondary N) is 2. The zero-order valence-electron chi connectivity index (χ0n) is 15.9. The second-order valence-corrected chi connectivity index (χ2v) is 9.54. The van der Waals surface area contributed by atoms with E-state index in [0.717, 1.165) is 0 Å². The predicted octanol–water partition coefficient (Wildman–Crippen LogP) is 2.71. The van der Waals surface area contributed by atoms with Crippen molar-refractivity contribution in [2.75, 3.05) is 30.3 Å². The summed E-state index contributed by atoms with van der Waals surface area (Å²) in [5.74, 6) is -0.355. The van der Waals surface area contributed by atoms with E-state index in [1.54, 1.807) is 24.3 Å². The molecule has 0 aromatic heterocycles. The Balaban J connectivity index is 1.40. The van der Waals surface area contributed by atoms with Crippen LogP contribution in [0.25, 0.3) is 0 Å². The highest BCUT2D eigenvalue weighted by Gasteiger charge is 2.33. The minimum atomic E-state index is -3.73. The van der Waals surface area contributed by atoms with Crippen LogP contribution in [0.2, 0.25) is 5.02 Å². The minimum Gasteiger partial charge on any atom is -0.482 e. The van der Waals surface area contributed by atoms with Gasteiger partial charge in [-0.15, -0.1) is 0 Å². The first-order valence-electron chi connectivity index (χ1n) is 9.46. The number of fused-ring (bicyclic) bond motifs is 1. The number of hydrogen-bond donors (Lipinski definition) is 2. The van der Waals surface area contributed by atoms with Gasteiger partial charge in [0, 0.05) is 35.8 Å². The van der Waals surface area contributed by atoms with E-state index in [9.17, 15) is 18.0 Å². The van der Waals surface area contributed by atoms with Crippen LogP contribution in [0.5, 0.6) is 5.75 Å². The van der Waals surface area contributed by atoms with Crippen molar-refractivity contribution in [2.45, 2.75) is 17.7 Å². The second kappa shape index (κ2) is 8.25. The number of carbonyl (C=O) groups is 2. The number of nitrogens with zero attached hydrogens (tertiary/aromatic N) is 1. The molecule has 2 aromatic rings. The Morgan fingerprint density at radius 3 is 2.53 bits per heavy atom. The third-order valence-corrected chi connectivity index (χ3v) is 7.31. The van der Waals surface area contributed by atoms with Gasteiger partial charge in [-0.1, -0.05) is 11.6 Å². The molecule has 2 N–H and O–H groups in total. The van der Waals surface area contributed by atoms with Crippen LogP contribution in [0.4, 0.5) is 11.4 Å². The number of anilines is 2. The lowest BCUT2D eigenvalue weighted by atomic mass is 9.97. The van der Waals surface area contributed by atoms with Crippen molar-refractivity contribution in [1.29, 1.82) is 0 Å². The van der Waals surface area contributed by atoms with Gasteiger partial charge in [0.05, 0.1) is 10.6 Å². The van der Waals surface area contributed by atoms with Gasteiger partial charge in [0.1, 0.15) is 5.75 Å². The number of amides is 2. The number of benzene rings is 2. The van der Waals surface area contributed by atoms with Gasteiger partial charge < -0.3 is 15.4 Å². The van der Waals surface area contributed by atoms with Crippen molar-refractivity contribution in [1.82, 2.24) is 4.31 Å². The Morgan fingerprint density at radius 2 is 1.83 bits per heavy atom. The van der Waals surface area contributed by atoms with E-state index in [1.165, 1.54) is 22.5 Å². The number of ether oxygens (including phenoxy) is 1. The number of hydrogen-bond acceptors (Lipinski definition) is 5. The van der Waals surface area contributed by atoms with Gasteiger partial charge in [-0.2, -0.15) is 4.31 Å². The molecule has 1 saturated heterocycles. The molecular weight excluding hydrogens is 430 g/mol. The van der Waals surface area contributed by atoms with Crippen LogP contribution in [0, 0.1) is 5.92 Å². The summed E-state index contributed by atoms with van der Waals surface area (Å²) in [6, 6.07) is 11.2. The van der Waals surface area contributed by atoms with Crippen molar-refractivity contribution in [3.63, 3.8) is 0 Å². The van der Waals surface area contributed by atoms with Crippen LogP contribution >= 0.6 is 11.6 Å². The van der Waals surface area contributed by atoms with Crippen molar-refractivity contribution >= 4 is 44.8 Å². The Labute approximate surface area is 179 Å². The molecule has 2 heterocycles. The number of sulfonamides is 1. The van der Waals surface area contributed by atoms with Crippen LogP contribution in [-0.2, 0) is 19.6 Å². The number of piperidine rings is 1. The van der Waals surface area contributed by atoms with Crippen molar-refractivity contribution in [2.24, 2.45) is 5.92 Å². The molecular formula is C20H20ClN3O5S. The summed E-state index contributed by atoms with van der Waals surface area (Å²) in [4.78, 5) is 24.0. The second-order valence-electron chi connectivity index (χ2n) is 7.17. The number of carbonyl (C=O) groups excluding carboxylic acids is 2. The fourth-order valence-electron chi connectivity index (χ4n) is 3.50. The molecule has 1 fully saturated rings. The molecule has 0 atom stereocenters. The Bertz CT molecular complexity index is 1080. The van der Waals surface area contributed by atoms with E-state index >= 15 is 0 Å². The highest BCUT2D eigenvalue weighted by molar-refractivity contribution is 7.89. The smallest absolute Gasteiger partial charge is 0.262 e. The molecule has 0 radical (unpaired) electrons. The average molecular weight is 450 g/mol. The summed E-state index contributed by atoms with van der Waals surface area (Å²) in [6.45, 7) is 0.343. The molecule has 2 aliphatic heterocycles. The molecule has 0 bridgehead atoms. The van der Waals surface area contributed by atoms with Crippen LogP contribution in [0.15, 0.2) is 47.4 Å². The summed E-state index contributed by atoms with van der Waals surface area (Å²) < 4.78 is 32.7. The van der Waals surface area contributed by atoms with Gasteiger partial charge in [-0.05, 0) is 49.2 Å². The average Bonchev–Trinajstić information content (AvgIpc) is 2.75. The minimum absolute atomic E-state index is 0.0986. The number of halogens is 1. The zero-order chi connectivity index (χ0) is 21.3. The summed E-state index contributed by atoms with van der Waals surface area (Å²) in [6.07, 6.45) is 0.853. The van der Waals surface area contributed by atoms with Gasteiger partial charge in [-0.3, -0.25) is 9.59 Å². The summed E-state index contributed by atoms with van der Waals surface area (Å²) in [5, 5.41) is 6.07. The van der Waals surface area contributed by atoms with E-state index in [1.807, 2.05) is 0 Å². The van der Waals surface area contributed by atoms with Crippen LogP contribution in [0.1, 0.15) is 12.8 Å². The monoisotopic (exact) mass is 449 g/mol. The quantitative estimate of drug-likeness (QED) is 0.746. The molecule has 0 aliphatic carbocycles. The van der Waals surface area contributed by atoms with E-state index in [0.29, 0.717) is 35.0 Å². The first-order valence-corrected chi connectivity index (χ1v) is 11.3. The van der Waals surface area contributed by atoms with Crippen molar-refractivity contribution in [3.8, 4) is 5.75 Å². The Kier molecular flexibility index (Phi) is 5.68. The predicted molar refractivity (Wildman–Crippen MR) is 112 cm³/mol. The molecule has 0 unspecified atom stereocenters. The van der Waals surface area contributed by atoms with E-state index in [-0.39, 0.29) is 42.3 Å². The molecule has 2 amide bonds. The highest BCUT2D eigenvalue weighted by atomic mass is 35.5. The molecule has 8 nitrogen and oxygen atoms in total. The fourth-order valence-corrected chi connectivity index (χ4v) is 5.11. The maximum atomic E-state index is 13.0. The van der Waals surface area contributed by atoms with Crippen LogP contribution < -0.4 is 15.4 Å². The van der Waals surface area contributed by atoms with Crippen LogP contribution in [-0.4, -0.2) is 44.2 Å². The SMILES string of the molecule is O=C1COc2cc(S(=O)(=O)N3CCC(C(=O)Nc4ccc(Cl)cc4)CC3)ccc2N1. The maximum Gasteiger partial charge on any atom is 0.262 e. The van der Waals surface area contributed by atoms with E-state index < -0.39 is 10.0 Å².